The molecule has 1 unspecified atom stereocenters. The third-order valence-corrected chi connectivity index (χ3v) is 5.02. The number of carbonyl (C=O) groups excluding carboxylic acids is 4. The predicted octanol–water partition coefficient (Wildman–Crippen LogP) is 1.42. The number of anilines is 1. The number of para-hydroxylation sites is 1. The normalized spacial score (nSPS) is 18.3. The van der Waals surface area contributed by atoms with E-state index in [1.807, 2.05) is 24.3 Å². The van der Waals surface area contributed by atoms with Gasteiger partial charge in [-0.05, 0) is 29.3 Å². The van der Waals surface area contributed by atoms with Gasteiger partial charge in [-0.3, -0.25) is 14.4 Å². The van der Waals surface area contributed by atoms with E-state index >= 15 is 0 Å². The number of rotatable bonds is 4. The fraction of sp³-hybridized carbons (Fsp3) is 0.238. The Kier molecular flexibility index (Phi) is 4.99. The Balaban J connectivity index is 1.41. The molecular weight excluding hydrogens is 372 g/mol. The number of Topliss-reactive ketones (excluding diaryl/α,β-unsaturated/α-hetero) is 1. The van der Waals surface area contributed by atoms with Crippen LogP contribution in [0.25, 0.3) is 0 Å². The number of hydrogen-bond acceptors (Lipinski definition) is 4. The van der Waals surface area contributed by atoms with E-state index in [4.69, 9.17) is 0 Å². The van der Waals surface area contributed by atoms with Gasteiger partial charge < -0.3 is 20.9 Å². The van der Waals surface area contributed by atoms with Crippen LogP contribution in [0.1, 0.15) is 27.9 Å². The van der Waals surface area contributed by atoms with Gasteiger partial charge >= 0.3 is 6.03 Å². The topological polar surface area (TPSA) is 108 Å². The van der Waals surface area contributed by atoms with Crippen LogP contribution in [0.5, 0.6) is 0 Å². The van der Waals surface area contributed by atoms with E-state index in [0.717, 1.165) is 11.1 Å². The summed E-state index contributed by atoms with van der Waals surface area (Å²) in [6.07, 6.45) is 0.224. The van der Waals surface area contributed by atoms with Crippen LogP contribution in [0.15, 0.2) is 48.5 Å². The van der Waals surface area contributed by atoms with Crippen LogP contribution in [0.2, 0.25) is 0 Å². The Bertz CT molecular complexity index is 973. The lowest BCUT2D eigenvalue weighted by atomic mass is 10.0. The molecule has 1 atom stereocenters. The van der Waals surface area contributed by atoms with Crippen molar-refractivity contribution < 1.29 is 19.2 Å². The van der Waals surface area contributed by atoms with Gasteiger partial charge in [-0.1, -0.05) is 30.3 Å². The second-order valence-corrected chi connectivity index (χ2v) is 7.01. The number of piperidine rings is 1. The summed E-state index contributed by atoms with van der Waals surface area (Å²) in [7, 11) is 0. The monoisotopic (exact) mass is 392 g/mol. The molecule has 2 aliphatic heterocycles. The summed E-state index contributed by atoms with van der Waals surface area (Å²) in [4.78, 5) is 50.3. The van der Waals surface area contributed by atoms with Gasteiger partial charge in [-0.2, -0.15) is 0 Å². The fourth-order valence-corrected chi connectivity index (χ4v) is 3.60. The SMILES string of the molecule is O=C(NCc1ccc2c(c1)CN(C1C(=O)CCNC1=O)C2=O)Nc1ccccc1. The van der Waals surface area contributed by atoms with Crippen molar-refractivity contribution >= 4 is 29.3 Å². The van der Waals surface area contributed by atoms with Crippen LogP contribution in [0, 0.1) is 0 Å². The molecule has 2 heterocycles. The summed E-state index contributed by atoms with van der Waals surface area (Å²) in [5, 5.41) is 8.15. The minimum absolute atomic E-state index is 0.196. The molecule has 1 fully saturated rings. The van der Waals surface area contributed by atoms with Crippen molar-refractivity contribution in [1.29, 1.82) is 0 Å². The van der Waals surface area contributed by atoms with E-state index in [0.29, 0.717) is 17.8 Å². The second kappa shape index (κ2) is 7.75. The van der Waals surface area contributed by atoms with E-state index in [1.165, 1.54) is 4.90 Å². The molecule has 0 radical (unpaired) electrons. The highest BCUT2D eigenvalue weighted by molar-refractivity contribution is 6.12. The maximum absolute atomic E-state index is 12.7. The lowest BCUT2D eigenvalue weighted by Crippen LogP contribution is -2.55. The minimum Gasteiger partial charge on any atom is -0.353 e. The number of benzene rings is 2. The molecule has 0 aromatic heterocycles. The Hall–Kier alpha value is -3.68. The molecule has 2 aromatic carbocycles. The van der Waals surface area contributed by atoms with Crippen LogP contribution in [-0.2, 0) is 22.7 Å². The van der Waals surface area contributed by atoms with Crippen LogP contribution in [-0.4, -0.2) is 41.1 Å². The summed E-state index contributed by atoms with van der Waals surface area (Å²) in [5.74, 6) is -0.993. The molecule has 3 N–H and O–H groups in total. The van der Waals surface area contributed by atoms with Crippen molar-refractivity contribution in [2.45, 2.75) is 25.6 Å². The molecule has 148 valence electrons. The molecule has 4 rings (SSSR count). The van der Waals surface area contributed by atoms with E-state index < -0.39 is 11.9 Å². The molecule has 0 aliphatic carbocycles. The Morgan fingerprint density at radius 3 is 2.66 bits per heavy atom. The van der Waals surface area contributed by atoms with Gasteiger partial charge in [0.15, 0.2) is 11.8 Å². The van der Waals surface area contributed by atoms with E-state index in [2.05, 4.69) is 16.0 Å². The van der Waals surface area contributed by atoms with Crippen molar-refractivity contribution in [2.24, 2.45) is 0 Å². The predicted molar refractivity (Wildman–Crippen MR) is 105 cm³/mol. The number of nitrogens with one attached hydrogen (secondary N) is 3. The van der Waals surface area contributed by atoms with Gasteiger partial charge in [0.05, 0.1) is 0 Å². The number of ketones is 1. The molecule has 2 aliphatic rings. The largest absolute Gasteiger partial charge is 0.353 e. The third-order valence-electron chi connectivity index (χ3n) is 5.02. The molecule has 2 aromatic rings. The first-order chi connectivity index (χ1) is 14.0. The van der Waals surface area contributed by atoms with Gasteiger partial charge in [-0.25, -0.2) is 4.79 Å². The molecule has 1 saturated heterocycles. The zero-order valence-electron chi connectivity index (χ0n) is 15.6. The van der Waals surface area contributed by atoms with Crippen LogP contribution in [0.4, 0.5) is 10.5 Å². The summed E-state index contributed by atoms with van der Waals surface area (Å²) < 4.78 is 0. The van der Waals surface area contributed by atoms with Gasteiger partial charge in [0.2, 0.25) is 0 Å². The highest BCUT2D eigenvalue weighted by Gasteiger charge is 2.41. The smallest absolute Gasteiger partial charge is 0.319 e. The lowest BCUT2D eigenvalue weighted by Gasteiger charge is -2.28. The molecule has 0 bridgehead atoms. The van der Waals surface area contributed by atoms with Crippen molar-refractivity contribution in [2.75, 3.05) is 11.9 Å². The van der Waals surface area contributed by atoms with E-state index in [1.54, 1.807) is 24.3 Å². The average Bonchev–Trinajstić information content (AvgIpc) is 3.03. The van der Waals surface area contributed by atoms with Crippen molar-refractivity contribution in [3.05, 3.63) is 65.2 Å². The van der Waals surface area contributed by atoms with Gasteiger partial charge in [-0.15, -0.1) is 0 Å². The summed E-state index contributed by atoms with van der Waals surface area (Å²) in [5.41, 5.74) is 2.73. The molecule has 0 spiro atoms. The maximum atomic E-state index is 12.7. The zero-order valence-corrected chi connectivity index (χ0v) is 15.6. The van der Waals surface area contributed by atoms with Crippen molar-refractivity contribution in [3.8, 4) is 0 Å². The lowest BCUT2D eigenvalue weighted by molar-refractivity contribution is -0.137. The number of fused-ring (bicyclic) bond motifs is 1. The Morgan fingerprint density at radius 2 is 1.90 bits per heavy atom. The number of amides is 4. The third kappa shape index (κ3) is 3.82. The first-order valence-corrected chi connectivity index (χ1v) is 9.36. The van der Waals surface area contributed by atoms with Crippen LogP contribution in [0.3, 0.4) is 0 Å². The van der Waals surface area contributed by atoms with Crippen LogP contribution < -0.4 is 16.0 Å². The molecular formula is C21H20N4O4. The summed E-state index contributed by atoms with van der Waals surface area (Å²) >= 11 is 0. The number of hydrogen-bond donors (Lipinski definition) is 3. The summed E-state index contributed by atoms with van der Waals surface area (Å²) in [6, 6.07) is 13.0. The Labute approximate surface area is 167 Å². The second-order valence-electron chi connectivity index (χ2n) is 7.01. The van der Waals surface area contributed by atoms with Crippen LogP contribution >= 0.6 is 0 Å². The number of urea groups is 1. The summed E-state index contributed by atoms with van der Waals surface area (Å²) in [6.45, 7) is 0.787. The average molecular weight is 392 g/mol. The van der Waals surface area contributed by atoms with E-state index in [-0.39, 0.29) is 37.2 Å². The molecule has 29 heavy (non-hydrogen) atoms. The first kappa shape index (κ1) is 18.7. The standard InChI is InChI=1S/C21H20N4O4/c26-17-8-9-22-19(27)18(17)25-12-14-10-13(6-7-16(14)20(25)28)11-23-21(29)24-15-4-2-1-3-5-15/h1-7,10,18H,8-9,11-12H2,(H,22,27)(H2,23,24,29). The minimum atomic E-state index is -1.07. The number of carbonyl (C=O) groups is 4. The highest BCUT2D eigenvalue weighted by atomic mass is 16.2. The van der Waals surface area contributed by atoms with Crippen molar-refractivity contribution in [1.82, 2.24) is 15.5 Å². The molecule has 0 saturated carbocycles. The fourth-order valence-electron chi connectivity index (χ4n) is 3.60. The quantitative estimate of drug-likeness (QED) is 0.684. The number of nitrogens with zero attached hydrogens (tertiary/aromatic N) is 1. The van der Waals surface area contributed by atoms with Gasteiger partial charge in [0, 0.05) is 37.3 Å². The first-order valence-electron chi connectivity index (χ1n) is 9.36. The Morgan fingerprint density at radius 1 is 1.10 bits per heavy atom. The van der Waals surface area contributed by atoms with Gasteiger partial charge in [0.1, 0.15) is 0 Å². The zero-order chi connectivity index (χ0) is 20.4. The van der Waals surface area contributed by atoms with Gasteiger partial charge in [0.25, 0.3) is 11.8 Å². The van der Waals surface area contributed by atoms with E-state index in [9.17, 15) is 19.2 Å². The van der Waals surface area contributed by atoms with Crippen molar-refractivity contribution in [3.63, 3.8) is 0 Å². The maximum Gasteiger partial charge on any atom is 0.319 e. The molecule has 8 heteroatoms. The molecule has 8 nitrogen and oxygen atoms in total. The molecule has 4 amide bonds. The highest BCUT2D eigenvalue weighted by Crippen LogP contribution is 2.27.